The second-order valence-corrected chi connectivity index (χ2v) is 7.05. The van der Waals surface area contributed by atoms with Crippen molar-refractivity contribution >= 4 is 22.5 Å². The van der Waals surface area contributed by atoms with Crippen LogP contribution in [-0.4, -0.2) is 16.8 Å². The fraction of sp³-hybridized carbons (Fsp3) is 0.130. The van der Waals surface area contributed by atoms with Crippen LogP contribution in [0.2, 0.25) is 0 Å². The Morgan fingerprint density at radius 1 is 0.966 bits per heavy atom. The first-order valence-electron chi connectivity index (χ1n) is 9.44. The van der Waals surface area contributed by atoms with Crippen LogP contribution in [0.4, 0.5) is 11.6 Å². The van der Waals surface area contributed by atoms with Crippen molar-refractivity contribution in [2.75, 3.05) is 17.4 Å². The molecule has 6 nitrogen and oxygen atoms in total. The molecule has 4 aromatic rings. The molecule has 0 bridgehead atoms. The lowest BCUT2D eigenvalue weighted by atomic mass is 10.1. The number of hydrogen-bond acceptors (Lipinski definition) is 5. The van der Waals surface area contributed by atoms with Gasteiger partial charge in [0.25, 0.3) is 5.56 Å². The third-order valence-electron chi connectivity index (χ3n) is 5.23. The second kappa shape index (κ2) is 6.67. The largest absolute Gasteiger partial charge is 0.496 e. The highest BCUT2D eigenvalue weighted by Gasteiger charge is 2.35. The third kappa shape index (κ3) is 2.72. The fourth-order valence-electron chi connectivity index (χ4n) is 3.77. The normalized spacial score (nSPS) is 15.2. The van der Waals surface area contributed by atoms with Gasteiger partial charge in [0, 0.05) is 11.3 Å². The van der Waals surface area contributed by atoms with Gasteiger partial charge in [-0.05, 0) is 37.3 Å². The lowest BCUT2D eigenvalue weighted by Gasteiger charge is -2.26. The number of hydrogen-bond donors (Lipinski definition) is 1. The van der Waals surface area contributed by atoms with Crippen molar-refractivity contribution in [3.05, 3.63) is 94.3 Å². The monoisotopic (exact) mass is 384 g/mol. The Morgan fingerprint density at radius 2 is 1.69 bits per heavy atom. The first kappa shape index (κ1) is 17.3. The maximum atomic E-state index is 13.2. The van der Waals surface area contributed by atoms with E-state index in [-0.39, 0.29) is 11.7 Å². The number of ether oxygens (including phenoxy) is 1. The molecule has 3 aromatic carbocycles. The van der Waals surface area contributed by atoms with Crippen LogP contribution < -0.4 is 20.6 Å². The van der Waals surface area contributed by atoms with E-state index < -0.39 is 0 Å². The Labute approximate surface area is 168 Å². The number of aromatic nitrogens is 2. The zero-order chi connectivity index (χ0) is 20.0. The molecule has 0 saturated carbocycles. The zero-order valence-corrected chi connectivity index (χ0v) is 16.2. The minimum Gasteiger partial charge on any atom is -0.496 e. The predicted molar refractivity (Wildman–Crippen MR) is 114 cm³/mol. The summed E-state index contributed by atoms with van der Waals surface area (Å²) >= 11 is 0. The second-order valence-electron chi connectivity index (χ2n) is 7.05. The van der Waals surface area contributed by atoms with E-state index in [1.165, 1.54) is 10.2 Å². The van der Waals surface area contributed by atoms with Gasteiger partial charge >= 0.3 is 0 Å². The third-order valence-corrected chi connectivity index (χ3v) is 5.23. The molecule has 6 heteroatoms. The Hall–Kier alpha value is -3.80. The molecule has 0 fully saturated rings. The highest BCUT2D eigenvalue weighted by molar-refractivity contribution is 5.80. The van der Waals surface area contributed by atoms with E-state index in [1.807, 2.05) is 66.4 Å². The minimum atomic E-state index is -0.342. The molecule has 0 saturated heterocycles. The van der Waals surface area contributed by atoms with Gasteiger partial charge in [-0.3, -0.25) is 15.1 Å². The van der Waals surface area contributed by atoms with Gasteiger partial charge in [-0.15, -0.1) is 0 Å². The molecule has 5 rings (SSSR count). The number of aryl methyl sites for hydroxylation is 1. The van der Waals surface area contributed by atoms with Crippen molar-refractivity contribution in [3.8, 4) is 5.75 Å². The van der Waals surface area contributed by atoms with Crippen molar-refractivity contribution in [2.45, 2.75) is 13.1 Å². The number of fused-ring (bicyclic) bond motifs is 2. The highest BCUT2D eigenvalue weighted by Crippen LogP contribution is 2.40. The molecule has 29 heavy (non-hydrogen) atoms. The summed E-state index contributed by atoms with van der Waals surface area (Å²) in [7, 11) is 1.65. The van der Waals surface area contributed by atoms with Crippen LogP contribution >= 0.6 is 0 Å². The van der Waals surface area contributed by atoms with E-state index >= 15 is 0 Å². The SMILES string of the molecule is COc1ccccc1C1Nn2c(nc3ccccc3c2=O)N1c1ccc(C)cc1. The molecule has 1 atom stereocenters. The molecule has 144 valence electrons. The zero-order valence-electron chi connectivity index (χ0n) is 16.2. The van der Waals surface area contributed by atoms with Crippen LogP contribution in [0.25, 0.3) is 10.9 Å². The maximum Gasteiger partial charge on any atom is 0.281 e. The Balaban J connectivity index is 1.77. The smallest absolute Gasteiger partial charge is 0.281 e. The van der Waals surface area contributed by atoms with Crippen LogP contribution in [0.3, 0.4) is 0 Å². The van der Waals surface area contributed by atoms with E-state index in [0.717, 1.165) is 17.0 Å². The number of anilines is 2. The van der Waals surface area contributed by atoms with E-state index in [1.54, 1.807) is 13.2 Å². The molecule has 0 aliphatic carbocycles. The number of rotatable bonds is 3. The quantitative estimate of drug-likeness (QED) is 0.576. The van der Waals surface area contributed by atoms with Gasteiger partial charge in [0.15, 0.2) is 6.17 Å². The Kier molecular flexibility index (Phi) is 3.98. The molecule has 1 aromatic heterocycles. The van der Waals surface area contributed by atoms with Crippen molar-refractivity contribution in [1.29, 1.82) is 0 Å². The van der Waals surface area contributed by atoms with E-state index in [2.05, 4.69) is 17.6 Å². The molecular formula is C23H20N4O2. The van der Waals surface area contributed by atoms with Gasteiger partial charge in [-0.2, -0.15) is 4.68 Å². The van der Waals surface area contributed by atoms with Crippen LogP contribution in [0.5, 0.6) is 5.75 Å². The van der Waals surface area contributed by atoms with Gasteiger partial charge < -0.3 is 4.74 Å². The summed E-state index contributed by atoms with van der Waals surface area (Å²) in [5, 5.41) is 0.577. The molecule has 0 amide bonds. The summed E-state index contributed by atoms with van der Waals surface area (Å²) in [5.74, 6) is 1.29. The van der Waals surface area contributed by atoms with Gasteiger partial charge in [-0.1, -0.05) is 48.0 Å². The van der Waals surface area contributed by atoms with Crippen LogP contribution in [0, 0.1) is 6.92 Å². The summed E-state index contributed by atoms with van der Waals surface area (Å²) in [6.45, 7) is 2.05. The van der Waals surface area contributed by atoms with Gasteiger partial charge in [0.2, 0.25) is 5.95 Å². The minimum absolute atomic E-state index is 0.125. The molecule has 0 radical (unpaired) electrons. The van der Waals surface area contributed by atoms with Gasteiger partial charge in [0.05, 0.1) is 18.0 Å². The molecule has 0 spiro atoms. The van der Waals surface area contributed by atoms with Crippen LogP contribution in [0.15, 0.2) is 77.6 Å². The first-order chi connectivity index (χ1) is 14.2. The summed E-state index contributed by atoms with van der Waals surface area (Å²) in [5.41, 5.74) is 6.91. The molecule has 1 aliphatic rings. The number of nitrogens with zero attached hydrogens (tertiary/aromatic N) is 3. The van der Waals surface area contributed by atoms with Crippen molar-refractivity contribution in [1.82, 2.24) is 9.66 Å². The van der Waals surface area contributed by atoms with Crippen LogP contribution in [0.1, 0.15) is 17.3 Å². The molecule has 1 unspecified atom stereocenters. The number of nitrogens with one attached hydrogen (secondary N) is 1. The summed E-state index contributed by atoms with van der Waals surface area (Å²) < 4.78 is 7.12. The van der Waals surface area contributed by atoms with Crippen molar-refractivity contribution < 1.29 is 4.74 Å². The lowest BCUT2D eigenvalue weighted by Crippen LogP contribution is -2.28. The molecular weight excluding hydrogens is 364 g/mol. The highest BCUT2D eigenvalue weighted by atomic mass is 16.5. The molecule has 1 N–H and O–H groups in total. The van der Waals surface area contributed by atoms with Gasteiger partial charge in [-0.25, -0.2) is 4.98 Å². The molecule has 1 aliphatic heterocycles. The van der Waals surface area contributed by atoms with Crippen molar-refractivity contribution in [2.24, 2.45) is 0 Å². The van der Waals surface area contributed by atoms with Crippen molar-refractivity contribution in [3.63, 3.8) is 0 Å². The Bertz CT molecular complexity index is 1260. The summed E-state index contributed by atoms with van der Waals surface area (Å²) in [4.78, 5) is 20.0. The van der Waals surface area contributed by atoms with E-state index in [0.29, 0.717) is 16.9 Å². The van der Waals surface area contributed by atoms with Gasteiger partial charge in [0.1, 0.15) is 5.75 Å². The average molecular weight is 384 g/mol. The lowest BCUT2D eigenvalue weighted by molar-refractivity contribution is 0.407. The van der Waals surface area contributed by atoms with Crippen LogP contribution in [-0.2, 0) is 0 Å². The topological polar surface area (TPSA) is 59.4 Å². The number of methoxy groups -OCH3 is 1. The average Bonchev–Trinajstić information content (AvgIpc) is 3.14. The predicted octanol–water partition coefficient (Wildman–Crippen LogP) is 4.11. The standard InChI is InChI=1S/C23H20N4O2/c1-15-11-13-16(14-12-15)26-21(18-8-4-6-10-20(18)29-2)25-27-22(28)17-7-3-5-9-19(17)24-23(26)27/h3-14,21,25H,1-2H3. The molecule has 2 heterocycles. The summed E-state index contributed by atoms with van der Waals surface area (Å²) in [6, 6.07) is 23.4. The fourth-order valence-corrected chi connectivity index (χ4v) is 3.77. The Morgan fingerprint density at radius 3 is 2.48 bits per heavy atom. The number of benzene rings is 3. The van der Waals surface area contributed by atoms with E-state index in [4.69, 9.17) is 9.72 Å². The number of para-hydroxylation sites is 2. The van der Waals surface area contributed by atoms with E-state index in [9.17, 15) is 4.79 Å². The summed E-state index contributed by atoms with van der Waals surface area (Å²) in [6.07, 6.45) is -0.342. The first-order valence-corrected chi connectivity index (χ1v) is 9.44. The maximum absolute atomic E-state index is 13.2.